The van der Waals surface area contributed by atoms with Crippen molar-refractivity contribution < 1.29 is 4.79 Å². The molecule has 92 valence electrons. The number of rotatable bonds is 5. The van der Waals surface area contributed by atoms with Gasteiger partial charge in [0.1, 0.15) is 5.78 Å². The minimum absolute atomic E-state index is 0.416. The van der Waals surface area contributed by atoms with E-state index in [2.05, 4.69) is 9.80 Å². The molecule has 0 bridgehead atoms. The Kier molecular flexibility index (Phi) is 4.36. The summed E-state index contributed by atoms with van der Waals surface area (Å²) < 4.78 is 0. The van der Waals surface area contributed by atoms with Crippen molar-refractivity contribution in [2.45, 2.75) is 45.1 Å². The lowest BCUT2D eigenvalue weighted by molar-refractivity contribution is -0.118. The van der Waals surface area contributed by atoms with Crippen LogP contribution in [0.25, 0.3) is 0 Å². The Hall–Kier alpha value is -0.410. The topological polar surface area (TPSA) is 23.6 Å². The van der Waals surface area contributed by atoms with E-state index >= 15 is 0 Å². The van der Waals surface area contributed by atoms with Crippen molar-refractivity contribution in [2.75, 3.05) is 32.7 Å². The number of piperazine rings is 1. The molecule has 1 atom stereocenters. The third-order valence-electron chi connectivity index (χ3n) is 4.00. The van der Waals surface area contributed by atoms with Crippen LogP contribution in [0, 0.1) is 0 Å². The molecule has 2 saturated heterocycles. The van der Waals surface area contributed by atoms with E-state index in [1.807, 2.05) is 6.92 Å². The lowest BCUT2D eigenvalue weighted by atomic mass is 10.1. The van der Waals surface area contributed by atoms with E-state index in [1.165, 1.54) is 39.0 Å². The van der Waals surface area contributed by atoms with Crippen LogP contribution in [0.15, 0.2) is 0 Å². The van der Waals surface area contributed by atoms with E-state index in [1.54, 1.807) is 0 Å². The number of fused-ring (bicyclic) bond motifs is 1. The molecule has 0 saturated carbocycles. The van der Waals surface area contributed by atoms with Crippen LogP contribution in [-0.4, -0.2) is 54.3 Å². The van der Waals surface area contributed by atoms with Crippen molar-refractivity contribution in [3.8, 4) is 0 Å². The quantitative estimate of drug-likeness (QED) is 0.707. The summed E-state index contributed by atoms with van der Waals surface area (Å²) in [6.45, 7) is 8.08. The minimum atomic E-state index is 0.416. The van der Waals surface area contributed by atoms with Gasteiger partial charge in [-0.1, -0.05) is 6.92 Å². The summed E-state index contributed by atoms with van der Waals surface area (Å²) in [6, 6.07) is 0.815. The Morgan fingerprint density at radius 2 is 2.19 bits per heavy atom. The number of ketones is 1. The second-order valence-electron chi connectivity index (χ2n) is 5.13. The third-order valence-corrected chi connectivity index (χ3v) is 4.00. The lowest BCUT2D eigenvalue weighted by Gasteiger charge is -2.37. The molecule has 0 aromatic rings. The maximum Gasteiger partial charge on any atom is 0.132 e. The molecule has 0 spiro atoms. The van der Waals surface area contributed by atoms with Gasteiger partial charge in [0.05, 0.1) is 0 Å². The summed E-state index contributed by atoms with van der Waals surface area (Å²) in [7, 11) is 0. The van der Waals surface area contributed by atoms with Crippen LogP contribution >= 0.6 is 0 Å². The van der Waals surface area contributed by atoms with Crippen molar-refractivity contribution in [3.63, 3.8) is 0 Å². The average molecular weight is 224 g/mol. The number of nitrogens with zero attached hydrogens (tertiary/aromatic N) is 2. The second-order valence-corrected chi connectivity index (χ2v) is 5.13. The molecule has 3 nitrogen and oxygen atoms in total. The molecular formula is C13H24N2O. The lowest BCUT2D eigenvalue weighted by Crippen LogP contribution is -2.50. The molecule has 16 heavy (non-hydrogen) atoms. The molecule has 2 fully saturated rings. The second kappa shape index (κ2) is 5.78. The molecule has 2 rings (SSSR count). The van der Waals surface area contributed by atoms with E-state index in [0.29, 0.717) is 12.2 Å². The molecule has 2 aliphatic heterocycles. The van der Waals surface area contributed by atoms with Crippen LogP contribution in [0.1, 0.15) is 39.0 Å². The van der Waals surface area contributed by atoms with Crippen LogP contribution in [0.4, 0.5) is 0 Å². The fourth-order valence-corrected chi connectivity index (χ4v) is 2.94. The smallest absolute Gasteiger partial charge is 0.132 e. The van der Waals surface area contributed by atoms with Gasteiger partial charge in [0.25, 0.3) is 0 Å². The summed E-state index contributed by atoms with van der Waals surface area (Å²) in [5.41, 5.74) is 0. The highest BCUT2D eigenvalue weighted by Gasteiger charge is 2.29. The van der Waals surface area contributed by atoms with Crippen molar-refractivity contribution >= 4 is 5.78 Å². The highest BCUT2D eigenvalue weighted by Crippen LogP contribution is 2.21. The highest BCUT2D eigenvalue weighted by atomic mass is 16.1. The van der Waals surface area contributed by atoms with Crippen LogP contribution in [0.5, 0.6) is 0 Å². The summed E-state index contributed by atoms with van der Waals surface area (Å²) in [5, 5.41) is 0. The van der Waals surface area contributed by atoms with Crippen molar-refractivity contribution in [1.82, 2.24) is 9.80 Å². The number of hydrogen-bond acceptors (Lipinski definition) is 3. The van der Waals surface area contributed by atoms with Gasteiger partial charge in [-0.2, -0.15) is 0 Å². The Balaban J connectivity index is 1.65. The predicted molar refractivity (Wildman–Crippen MR) is 65.6 cm³/mol. The summed E-state index contributed by atoms with van der Waals surface area (Å²) in [5.74, 6) is 0.416. The van der Waals surface area contributed by atoms with Crippen LogP contribution < -0.4 is 0 Å². The van der Waals surface area contributed by atoms with Gasteiger partial charge in [-0.15, -0.1) is 0 Å². The Bertz CT molecular complexity index is 242. The first-order valence-corrected chi connectivity index (χ1v) is 6.77. The van der Waals surface area contributed by atoms with E-state index < -0.39 is 0 Å². The average Bonchev–Trinajstić information content (AvgIpc) is 2.76. The molecule has 0 radical (unpaired) electrons. The molecule has 3 heteroatoms. The zero-order valence-corrected chi connectivity index (χ0v) is 10.5. The predicted octanol–water partition coefficient (Wildman–Crippen LogP) is 1.53. The molecule has 0 aromatic heterocycles. The molecule has 0 amide bonds. The van der Waals surface area contributed by atoms with Crippen molar-refractivity contribution in [1.29, 1.82) is 0 Å². The molecule has 0 N–H and O–H groups in total. The van der Waals surface area contributed by atoms with Crippen LogP contribution in [0.2, 0.25) is 0 Å². The minimum Gasteiger partial charge on any atom is -0.300 e. The molecule has 0 aliphatic carbocycles. The fraction of sp³-hybridized carbons (Fsp3) is 0.923. The maximum atomic E-state index is 11.2. The van der Waals surface area contributed by atoms with E-state index in [9.17, 15) is 4.79 Å². The number of carbonyl (C=O) groups excluding carboxylic acids is 1. The van der Waals surface area contributed by atoms with Gasteiger partial charge in [0.15, 0.2) is 0 Å². The first-order valence-electron chi connectivity index (χ1n) is 6.77. The van der Waals surface area contributed by atoms with Gasteiger partial charge >= 0.3 is 0 Å². The highest BCUT2D eigenvalue weighted by molar-refractivity contribution is 5.77. The molecule has 0 aromatic carbocycles. The Morgan fingerprint density at radius 3 is 3.00 bits per heavy atom. The fourth-order valence-electron chi connectivity index (χ4n) is 2.94. The molecule has 2 heterocycles. The summed E-state index contributed by atoms with van der Waals surface area (Å²) in [6.07, 6.45) is 5.30. The van der Waals surface area contributed by atoms with E-state index in [-0.39, 0.29) is 0 Å². The zero-order valence-electron chi connectivity index (χ0n) is 10.5. The largest absolute Gasteiger partial charge is 0.300 e. The first kappa shape index (κ1) is 12.1. The zero-order chi connectivity index (χ0) is 11.4. The van der Waals surface area contributed by atoms with Crippen molar-refractivity contribution in [3.05, 3.63) is 0 Å². The van der Waals surface area contributed by atoms with Gasteiger partial charge in [0, 0.05) is 38.5 Å². The number of Topliss-reactive ketones (excluding diaryl/α,β-unsaturated/α-hetero) is 1. The molecular weight excluding hydrogens is 200 g/mol. The Morgan fingerprint density at radius 1 is 1.31 bits per heavy atom. The summed E-state index contributed by atoms with van der Waals surface area (Å²) >= 11 is 0. The first-order chi connectivity index (χ1) is 7.79. The van der Waals surface area contributed by atoms with E-state index in [4.69, 9.17) is 0 Å². The van der Waals surface area contributed by atoms with Gasteiger partial charge in [-0.05, 0) is 32.4 Å². The van der Waals surface area contributed by atoms with Crippen LogP contribution in [-0.2, 0) is 4.79 Å². The monoisotopic (exact) mass is 224 g/mol. The standard InChI is InChI=1S/C13H24N2O/c1-2-13(16)6-4-7-14-9-10-15-8-3-5-12(15)11-14/h12H,2-11H2,1H3. The van der Waals surface area contributed by atoms with E-state index in [0.717, 1.165) is 25.4 Å². The van der Waals surface area contributed by atoms with Crippen LogP contribution in [0.3, 0.4) is 0 Å². The van der Waals surface area contributed by atoms with Gasteiger partial charge in [-0.3, -0.25) is 9.69 Å². The number of hydrogen-bond donors (Lipinski definition) is 0. The normalized spacial score (nSPS) is 26.9. The maximum absolute atomic E-state index is 11.2. The van der Waals surface area contributed by atoms with Gasteiger partial charge < -0.3 is 4.90 Å². The SMILES string of the molecule is CCC(=O)CCCN1CCN2CCCC2C1. The van der Waals surface area contributed by atoms with Gasteiger partial charge in [0.2, 0.25) is 0 Å². The molecule has 1 unspecified atom stereocenters. The van der Waals surface area contributed by atoms with Gasteiger partial charge in [-0.25, -0.2) is 0 Å². The molecule has 2 aliphatic rings. The summed E-state index contributed by atoms with van der Waals surface area (Å²) in [4.78, 5) is 16.4. The number of carbonyl (C=O) groups is 1. The van der Waals surface area contributed by atoms with Crippen molar-refractivity contribution in [2.24, 2.45) is 0 Å². The third kappa shape index (κ3) is 3.05. The Labute approximate surface area is 98.8 Å².